The first-order valence-electron chi connectivity index (χ1n) is 10.8. The molecule has 0 radical (unpaired) electrons. The summed E-state index contributed by atoms with van der Waals surface area (Å²) in [5.74, 6) is -2.26. The van der Waals surface area contributed by atoms with Crippen molar-refractivity contribution in [2.75, 3.05) is 10.6 Å². The molecule has 0 unspecified atom stereocenters. The number of carboxylic acids is 1. The molecule has 0 spiro atoms. The average molecular weight is 462 g/mol. The summed E-state index contributed by atoms with van der Waals surface area (Å²) < 4.78 is 0. The highest BCUT2D eigenvalue weighted by Crippen LogP contribution is 2.37. The summed E-state index contributed by atoms with van der Waals surface area (Å²) in [4.78, 5) is 51.3. The number of carbonyl (C=O) groups is 4. The number of carboxylic acid groups (broad SMARTS) is 1. The van der Waals surface area contributed by atoms with Crippen LogP contribution < -0.4 is 10.6 Å². The molecule has 0 atom stereocenters. The number of amides is 1. The zero-order chi connectivity index (χ0) is 24.5. The molecule has 0 saturated heterocycles. The largest absolute Gasteiger partial charge is 0.478 e. The fraction of sp³-hybridized carbons (Fsp3) is 0. The molecule has 0 aromatic heterocycles. The van der Waals surface area contributed by atoms with Crippen molar-refractivity contribution in [3.8, 4) is 0 Å². The van der Waals surface area contributed by atoms with E-state index in [2.05, 4.69) is 10.6 Å². The molecule has 4 aromatic rings. The molecule has 35 heavy (non-hydrogen) atoms. The van der Waals surface area contributed by atoms with E-state index in [0.717, 1.165) is 0 Å². The number of carbonyl (C=O) groups excluding carboxylic acids is 3. The summed E-state index contributed by atoms with van der Waals surface area (Å²) in [5, 5.41) is 15.1. The predicted molar refractivity (Wildman–Crippen MR) is 131 cm³/mol. The van der Waals surface area contributed by atoms with Crippen LogP contribution in [0.15, 0.2) is 91.0 Å². The summed E-state index contributed by atoms with van der Waals surface area (Å²) in [6.45, 7) is 0. The molecular formula is C28H18N2O5. The summed E-state index contributed by atoms with van der Waals surface area (Å²) in [6.07, 6.45) is 0. The van der Waals surface area contributed by atoms with Crippen LogP contribution in [-0.2, 0) is 0 Å². The Hall–Kier alpha value is -5.04. The molecule has 170 valence electrons. The van der Waals surface area contributed by atoms with Gasteiger partial charge in [0.25, 0.3) is 5.91 Å². The van der Waals surface area contributed by atoms with Crippen LogP contribution in [-0.4, -0.2) is 28.5 Å². The van der Waals surface area contributed by atoms with E-state index in [-0.39, 0.29) is 45.1 Å². The van der Waals surface area contributed by atoms with Gasteiger partial charge in [0, 0.05) is 22.4 Å². The molecule has 0 saturated carbocycles. The molecule has 0 aliphatic heterocycles. The Morgan fingerprint density at radius 3 is 1.86 bits per heavy atom. The van der Waals surface area contributed by atoms with Crippen molar-refractivity contribution in [1.29, 1.82) is 0 Å². The first-order chi connectivity index (χ1) is 16.9. The Bertz CT molecular complexity index is 1530. The SMILES string of the molecule is O=C(O)c1cccc(Nc2ccc(NC(=O)c3ccccc3)c3c2C(=O)c2ccccc2C3=O)c1. The lowest BCUT2D eigenvalue weighted by molar-refractivity contribution is 0.0696. The van der Waals surface area contributed by atoms with Crippen molar-refractivity contribution >= 4 is 40.5 Å². The molecule has 3 N–H and O–H groups in total. The number of aromatic carboxylic acids is 1. The highest BCUT2D eigenvalue weighted by Gasteiger charge is 2.34. The minimum atomic E-state index is -1.09. The van der Waals surface area contributed by atoms with Crippen molar-refractivity contribution < 1.29 is 24.3 Å². The first kappa shape index (κ1) is 21.8. The molecular weight excluding hydrogens is 444 g/mol. The van der Waals surface area contributed by atoms with E-state index < -0.39 is 11.9 Å². The third kappa shape index (κ3) is 3.95. The lowest BCUT2D eigenvalue weighted by Crippen LogP contribution is -2.25. The molecule has 1 aliphatic rings. The monoisotopic (exact) mass is 462 g/mol. The van der Waals surface area contributed by atoms with E-state index in [4.69, 9.17) is 0 Å². The first-order valence-corrected chi connectivity index (χ1v) is 10.8. The number of anilines is 3. The Labute approximate surface area is 200 Å². The van der Waals surface area contributed by atoms with Crippen molar-refractivity contribution in [1.82, 2.24) is 0 Å². The van der Waals surface area contributed by atoms with E-state index in [1.54, 1.807) is 78.9 Å². The molecule has 7 nitrogen and oxygen atoms in total. The smallest absolute Gasteiger partial charge is 0.335 e. The van der Waals surface area contributed by atoms with Crippen LogP contribution >= 0.6 is 0 Å². The third-order valence-corrected chi connectivity index (χ3v) is 5.75. The highest BCUT2D eigenvalue weighted by molar-refractivity contribution is 6.32. The van der Waals surface area contributed by atoms with Crippen LogP contribution in [0.1, 0.15) is 52.6 Å². The third-order valence-electron chi connectivity index (χ3n) is 5.75. The van der Waals surface area contributed by atoms with E-state index in [0.29, 0.717) is 16.9 Å². The summed E-state index contributed by atoms with van der Waals surface area (Å²) in [7, 11) is 0. The maximum atomic E-state index is 13.5. The van der Waals surface area contributed by atoms with E-state index in [9.17, 15) is 24.3 Å². The Balaban J connectivity index is 1.63. The van der Waals surface area contributed by atoms with Crippen LogP contribution in [0.2, 0.25) is 0 Å². The molecule has 1 amide bonds. The van der Waals surface area contributed by atoms with Crippen molar-refractivity contribution in [3.63, 3.8) is 0 Å². The minimum Gasteiger partial charge on any atom is -0.478 e. The summed E-state index contributed by atoms with van der Waals surface area (Å²) in [5.41, 5.74) is 2.17. The standard InChI is InChI=1S/C28H18N2O5/c31-25-19-11-4-5-12-20(19)26(32)24-22(30-27(33)16-7-2-1-3-8-16)14-13-21(23(24)25)29-18-10-6-9-17(15-18)28(34)35/h1-15,29H,(H,30,33)(H,34,35). The molecule has 0 fully saturated rings. The Kier molecular flexibility index (Phi) is 5.43. The second-order valence-electron chi connectivity index (χ2n) is 7.95. The van der Waals surface area contributed by atoms with Gasteiger partial charge in [-0.1, -0.05) is 48.5 Å². The van der Waals surface area contributed by atoms with Gasteiger partial charge in [0.05, 0.1) is 28.1 Å². The van der Waals surface area contributed by atoms with Crippen LogP contribution in [0, 0.1) is 0 Å². The van der Waals surface area contributed by atoms with E-state index in [1.807, 2.05) is 0 Å². The van der Waals surface area contributed by atoms with Gasteiger partial charge in [-0.15, -0.1) is 0 Å². The number of hydrogen-bond donors (Lipinski definition) is 3. The number of hydrogen-bond acceptors (Lipinski definition) is 5. The summed E-state index contributed by atoms with van der Waals surface area (Å²) in [6, 6.07) is 24.3. The topological polar surface area (TPSA) is 113 Å². The van der Waals surface area contributed by atoms with E-state index in [1.165, 1.54) is 12.1 Å². The minimum absolute atomic E-state index is 0.0726. The van der Waals surface area contributed by atoms with Gasteiger partial charge in [-0.25, -0.2) is 4.79 Å². The van der Waals surface area contributed by atoms with Gasteiger partial charge in [-0.05, 0) is 42.5 Å². The highest BCUT2D eigenvalue weighted by atomic mass is 16.4. The molecule has 7 heteroatoms. The fourth-order valence-corrected chi connectivity index (χ4v) is 4.10. The zero-order valence-electron chi connectivity index (χ0n) is 18.2. The van der Waals surface area contributed by atoms with Gasteiger partial charge in [-0.3, -0.25) is 14.4 Å². The second kappa shape index (κ2) is 8.72. The molecule has 5 rings (SSSR count). The Morgan fingerprint density at radius 1 is 0.629 bits per heavy atom. The fourth-order valence-electron chi connectivity index (χ4n) is 4.10. The van der Waals surface area contributed by atoms with Gasteiger partial charge in [0.1, 0.15) is 0 Å². The number of ketones is 2. The average Bonchev–Trinajstić information content (AvgIpc) is 2.88. The second-order valence-corrected chi connectivity index (χ2v) is 7.95. The zero-order valence-corrected chi connectivity index (χ0v) is 18.2. The van der Waals surface area contributed by atoms with Crippen LogP contribution in [0.3, 0.4) is 0 Å². The molecule has 1 aliphatic carbocycles. The van der Waals surface area contributed by atoms with Crippen LogP contribution in [0.25, 0.3) is 0 Å². The Morgan fingerprint density at radius 2 is 1.20 bits per heavy atom. The van der Waals surface area contributed by atoms with E-state index >= 15 is 0 Å². The van der Waals surface area contributed by atoms with Crippen molar-refractivity contribution in [3.05, 3.63) is 124 Å². The van der Waals surface area contributed by atoms with Gasteiger partial charge < -0.3 is 15.7 Å². The van der Waals surface area contributed by atoms with Crippen LogP contribution in [0.4, 0.5) is 17.1 Å². The molecule has 4 aromatic carbocycles. The number of nitrogens with one attached hydrogen (secondary N) is 2. The van der Waals surface area contributed by atoms with Crippen molar-refractivity contribution in [2.45, 2.75) is 0 Å². The van der Waals surface area contributed by atoms with Crippen LogP contribution in [0.5, 0.6) is 0 Å². The molecule has 0 heterocycles. The van der Waals surface area contributed by atoms with Crippen molar-refractivity contribution in [2.24, 2.45) is 0 Å². The number of benzene rings is 4. The van der Waals surface area contributed by atoms with Gasteiger partial charge >= 0.3 is 5.97 Å². The normalized spacial score (nSPS) is 11.9. The molecule has 0 bridgehead atoms. The van der Waals surface area contributed by atoms with Gasteiger partial charge in [-0.2, -0.15) is 0 Å². The number of rotatable bonds is 5. The predicted octanol–water partition coefficient (Wildman–Crippen LogP) is 5.16. The summed E-state index contributed by atoms with van der Waals surface area (Å²) >= 11 is 0. The van der Waals surface area contributed by atoms with Gasteiger partial charge in [0.15, 0.2) is 11.6 Å². The lowest BCUT2D eigenvalue weighted by Gasteiger charge is -2.23. The quantitative estimate of drug-likeness (QED) is 0.333. The number of fused-ring (bicyclic) bond motifs is 2. The maximum absolute atomic E-state index is 13.5. The lowest BCUT2D eigenvalue weighted by atomic mass is 9.82. The van der Waals surface area contributed by atoms with Gasteiger partial charge in [0.2, 0.25) is 0 Å². The maximum Gasteiger partial charge on any atom is 0.335 e.